The first-order chi connectivity index (χ1) is 4.20. The highest BCUT2D eigenvalue weighted by atomic mass is 16.3. The van der Waals surface area contributed by atoms with Gasteiger partial charge in [0.25, 0.3) is 5.56 Å². The van der Waals surface area contributed by atoms with Crippen molar-refractivity contribution >= 4 is 0 Å². The van der Waals surface area contributed by atoms with Crippen molar-refractivity contribution in [2.45, 2.75) is 0 Å². The Labute approximate surface area is 50.4 Å². The van der Waals surface area contributed by atoms with Crippen LogP contribution in [0.4, 0.5) is 0 Å². The minimum atomic E-state index is -0.440. The summed E-state index contributed by atoms with van der Waals surface area (Å²) in [5, 5.41) is 17.3. The third-order valence-electron chi connectivity index (χ3n) is 0.881. The molecule has 1 aromatic rings. The first-order valence-electron chi connectivity index (χ1n) is 2.31. The van der Waals surface area contributed by atoms with Gasteiger partial charge in [-0.15, -0.1) is 0 Å². The molecule has 0 radical (unpaired) electrons. The molecule has 0 aromatic carbocycles. The molecule has 0 spiro atoms. The van der Waals surface area contributed by atoms with Crippen LogP contribution >= 0.6 is 0 Å². The van der Waals surface area contributed by atoms with E-state index < -0.39 is 11.3 Å². The molecule has 0 atom stereocenters. The molecule has 48 valence electrons. The molecule has 0 bridgehead atoms. The van der Waals surface area contributed by atoms with Crippen LogP contribution in [0, 0.1) is 0 Å². The van der Waals surface area contributed by atoms with Gasteiger partial charge in [-0.25, -0.2) is 0 Å². The zero-order valence-corrected chi connectivity index (χ0v) is 4.46. The highest BCUT2D eigenvalue weighted by Gasteiger charge is 1.95. The number of pyridine rings is 1. The van der Waals surface area contributed by atoms with Crippen LogP contribution in [-0.2, 0) is 0 Å². The van der Waals surface area contributed by atoms with Crippen molar-refractivity contribution in [1.82, 2.24) is 4.98 Å². The molecule has 4 heteroatoms. The van der Waals surface area contributed by atoms with Crippen molar-refractivity contribution in [2.75, 3.05) is 0 Å². The average Bonchev–Trinajstić information content (AvgIpc) is 1.80. The fraction of sp³-hybridized carbons (Fsp3) is 0. The van der Waals surface area contributed by atoms with E-state index in [9.17, 15) is 4.79 Å². The lowest BCUT2D eigenvalue weighted by atomic mass is 10.4. The van der Waals surface area contributed by atoms with Crippen LogP contribution in [0.2, 0.25) is 0 Å². The van der Waals surface area contributed by atoms with Crippen molar-refractivity contribution in [1.29, 1.82) is 0 Å². The first-order valence-corrected chi connectivity index (χ1v) is 2.31. The van der Waals surface area contributed by atoms with E-state index in [-0.39, 0.29) is 5.75 Å². The van der Waals surface area contributed by atoms with Crippen LogP contribution in [0.3, 0.4) is 0 Å². The highest BCUT2D eigenvalue weighted by molar-refractivity contribution is 5.32. The Bertz CT molecular complexity index is 265. The van der Waals surface area contributed by atoms with E-state index in [0.717, 1.165) is 12.3 Å². The van der Waals surface area contributed by atoms with Gasteiger partial charge in [0.05, 0.1) is 0 Å². The maximum atomic E-state index is 10.3. The van der Waals surface area contributed by atoms with Crippen molar-refractivity contribution < 1.29 is 10.2 Å². The fourth-order valence-electron chi connectivity index (χ4n) is 0.453. The maximum absolute atomic E-state index is 10.3. The molecule has 4 nitrogen and oxygen atoms in total. The third-order valence-corrected chi connectivity index (χ3v) is 0.881. The van der Waals surface area contributed by atoms with E-state index in [1.54, 1.807) is 0 Å². The van der Waals surface area contributed by atoms with Gasteiger partial charge in [-0.1, -0.05) is 0 Å². The highest BCUT2D eigenvalue weighted by Crippen LogP contribution is 2.18. The van der Waals surface area contributed by atoms with Gasteiger partial charge in [0.2, 0.25) is 0 Å². The number of hydrogen-bond acceptors (Lipinski definition) is 3. The van der Waals surface area contributed by atoms with Crippen LogP contribution in [0.15, 0.2) is 17.1 Å². The lowest BCUT2D eigenvalue weighted by Gasteiger charge is -1.91. The van der Waals surface area contributed by atoms with Gasteiger partial charge >= 0.3 is 0 Å². The van der Waals surface area contributed by atoms with Gasteiger partial charge in [0, 0.05) is 12.3 Å². The summed E-state index contributed by atoms with van der Waals surface area (Å²) in [6.07, 6.45) is 1.03. The molecule has 0 unspecified atom stereocenters. The molecular weight excluding hydrogens is 122 g/mol. The topological polar surface area (TPSA) is 73.3 Å². The zero-order chi connectivity index (χ0) is 6.85. The van der Waals surface area contributed by atoms with E-state index >= 15 is 0 Å². The van der Waals surface area contributed by atoms with Gasteiger partial charge < -0.3 is 15.2 Å². The number of nitrogens with one attached hydrogen (secondary N) is 1. The number of rotatable bonds is 0. The zero-order valence-electron chi connectivity index (χ0n) is 4.46. The minimum Gasteiger partial charge on any atom is -0.504 e. The summed E-state index contributed by atoms with van der Waals surface area (Å²) in [6, 6.07) is 0.898. The van der Waals surface area contributed by atoms with Crippen LogP contribution in [0.25, 0.3) is 0 Å². The van der Waals surface area contributed by atoms with Crippen molar-refractivity contribution in [3.63, 3.8) is 0 Å². The van der Waals surface area contributed by atoms with Crippen LogP contribution in [0.1, 0.15) is 0 Å². The van der Waals surface area contributed by atoms with Crippen molar-refractivity contribution in [3.8, 4) is 11.5 Å². The number of aromatic nitrogens is 1. The lowest BCUT2D eigenvalue weighted by Crippen LogP contribution is -2.00. The summed E-state index contributed by atoms with van der Waals surface area (Å²) in [6.45, 7) is 0. The largest absolute Gasteiger partial charge is 0.504 e. The summed E-state index contributed by atoms with van der Waals surface area (Å²) in [4.78, 5) is 12.5. The Balaban J connectivity index is 3.34. The molecule has 0 fully saturated rings. The van der Waals surface area contributed by atoms with E-state index in [1.165, 1.54) is 0 Å². The summed E-state index contributed by atoms with van der Waals surface area (Å²) in [5.74, 6) is -0.728. The van der Waals surface area contributed by atoms with Gasteiger partial charge in [0.15, 0.2) is 11.5 Å². The Hall–Kier alpha value is -1.45. The molecule has 1 rings (SSSR count). The Morgan fingerprint density at radius 2 is 2.00 bits per heavy atom. The molecule has 1 heterocycles. The number of aromatic amines is 1. The number of hydrogen-bond donors (Lipinski definition) is 3. The molecule has 0 amide bonds. The standard InChI is InChI=1S/C5H5NO3/c7-3-1-5(9)6-2-4(3)8/h1-2,8H,(H2,6,7,9). The molecule has 0 saturated carbocycles. The van der Waals surface area contributed by atoms with E-state index in [4.69, 9.17) is 10.2 Å². The monoisotopic (exact) mass is 127 g/mol. The van der Waals surface area contributed by atoms with E-state index in [0.29, 0.717) is 0 Å². The predicted octanol–water partition coefficient (Wildman–Crippen LogP) is -0.214. The van der Waals surface area contributed by atoms with Crippen LogP contribution in [0.5, 0.6) is 11.5 Å². The van der Waals surface area contributed by atoms with Crippen LogP contribution in [-0.4, -0.2) is 15.2 Å². The molecule has 0 aliphatic heterocycles. The number of H-pyrrole nitrogens is 1. The third kappa shape index (κ3) is 1.02. The smallest absolute Gasteiger partial charge is 0.251 e. The minimum absolute atomic E-state index is 0.324. The Morgan fingerprint density at radius 1 is 1.33 bits per heavy atom. The molecule has 0 aliphatic rings. The molecular formula is C5H5NO3. The maximum Gasteiger partial charge on any atom is 0.251 e. The molecule has 9 heavy (non-hydrogen) atoms. The fourth-order valence-corrected chi connectivity index (χ4v) is 0.453. The first kappa shape index (κ1) is 5.68. The summed E-state index contributed by atoms with van der Waals surface area (Å²) < 4.78 is 0. The van der Waals surface area contributed by atoms with Crippen molar-refractivity contribution in [2.24, 2.45) is 0 Å². The lowest BCUT2D eigenvalue weighted by molar-refractivity contribution is 0.401. The molecule has 0 aliphatic carbocycles. The SMILES string of the molecule is O=c1cc(O)c(O)c[nH]1. The van der Waals surface area contributed by atoms with E-state index in [2.05, 4.69) is 4.98 Å². The molecule has 3 N–H and O–H groups in total. The second kappa shape index (κ2) is 1.81. The Morgan fingerprint density at radius 3 is 2.44 bits per heavy atom. The quantitative estimate of drug-likeness (QED) is 0.451. The molecule has 0 saturated heterocycles. The van der Waals surface area contributed by atoms with Crippen molar-refractivity contribution in [3.05, 3.63) is 22.6 Å². The van der Waals surface area contributed by atoms with Gasteiger partial charge in [-0.2, -0.15) is 0 Å². The van der Waals surface area contributed by atoms with Gasteiger partial charge in [-0.3, -0.25) is 4.79 Å². The van der Waals surface area contributed by atoms with Crippen LogP contribution < -0.4 is 5.56 Å². The summed E-state index contributed by atoms with van der Waals surface area (Å²) in [5.41, 5.74) is -0.440. The van der Waals surface area contributed by atoms with E-state index in [1.807, 2.05) is 0 Å². The number of aromatic hydroxyl groups is 2. The van der Waals surface area contributed by atoms with Gasteiger partial charge in [-0.05, 0) is 0 Å². The normalized spacial score (nSPS) is 9.33. The second-order valence-electron chi connectivity index (χ2n) is 1.57. The molecule has 1 aromatic heterocycles. The average molecular weight is 127 g/mol. The summed E-state index contributed by atoms with van der Waals surface area (Å²) in [7, 11) is 0. The Kier molecular flexibility index (Phi) is 1.14. The summed E-state index contributed by atoms with van der Waals surface area (Å²) >= 11 is 0. The second-order valence-corrected chi connectivity index (χ2v) is 1.57. The van der Waals surface area contributed by atoms with Gasteiger partial charge in [0.1, 0.15) is 0 Å². The predicted molar refractivity (Wildman–Crippen MR) is 30.4 cm³/mol.